The lowest BCUT2D eigenvalue weighted by molar-refractivity contribution is -0.0329. The number of thiophene rings is 1. The molecule has 2 aromatic heterocycles. The van der Waals surface area contributed by atoms with Crippen LogP contribution in [0.1, 0.15) is 27.0 Å². The van der Waals surface area contributed by atoms with Crippen molar-refractivity contribution in [2.24, 2.45) is 12.8 Å². The molecule has 1 aliphatic heterocycles. The van der Waals surface area contributed by atoms with E-state index < -0.39 is 0 Å². The topological polar surface area (TPSA) is 73.4 Å². The van der Waals surface area contributed by atoms with E-state index in [2.05, 4.69) is 10.00 Å². The van der Waals surface area contributed by atoms with E-state index in [9.17, 15) is 4.79 Å². The van der Waals surface area contributed by atoms with Crippen LogP contribution in [0.2, 0.25) is 0 Å². The number of nitrogens with zero attached hydrogens (tertiary/aromatic N) is 3. The molecule has 7 heteroatoms. The minimum Gasteiger partial charge on any atom is -0.371 e. The van der Waals surface area contributed by atoms with Gasteiger partial charge in [-0.25, -0.2) is 0 Å². The molecule has 2 N–H and O–H groups in total. The smallest absolute Gasteiger partial charge is 0.259 e. The van der Waals surface area contributed by atoms with Crippen LogP contribution in [0.25, 0.3) is 10.1 Å². The first-order chi connectivity index (χ1) is 12.1. The molecule has 0 aliphatic carbocycles. The van der Waals surface area contributed by atoms with Gasteiger partial charge in [0.05, 0.1) is 23.3 Å². The lowest BCUT2D eigenvalue weighted by Crippen LogP contribution is -2.38. The first-order valence-corrected chi connectivity index (χ1v) is 9.07. The molecule has 1 amide bonds. The van der Waals surface area contributed by atoms with Crippen molar-refractivity contribution in [2.45, 2.75) is 12.6 Å². The third-order valence-electron chi connectivity index (χ3n) is 4.64. The van der Waals surface area contributed by atoms with Crippen molar-refractivity contribution in [3.05, 3.63) is 52.7 Å². The molecule has 3 aromatic rings. The number of hydrogen-bond acceptors (Lipinski definition) is 5. The molecular formula is C18H20N4O2S. The summed E-state index contributed by atoms with van der Waals surface area (Å²) in [6, 6.07) is 10.0. The Morgan fingerprint density at radius 2 is 2.24 bits per heavy atom. The Labute approximate surface area is 149 Å². The largest absolute Gasteiger partial charge is 0.371 e. The minimum absolute atomic E-state index is 0.152. The molecular weight excluding hydrogens is 336 g/mol. The summed E-state index contributed by atoms with van der Waals surface area (Å²) < 4.78 is 8.99. The summed E-state index contributed by atoms with van der Waals surface area (Å²) in [6.07, 6.45) is 1.66. The maximum Gasteiger partial charge on any atom is 0.259 e. The van der Waals surface area contributed by atoms with Crippen molar-refractivity contribution in [2.75, 3.05) is 19.7 Å². The fraction of sp³-hybridized carbons (Fsp3) is 0.333. The second-order valence-electron chi connectivity index (χ2n) is 6.25. The van der Waals surface area contributed by atoms with Gasteiger partial charge in [0.1, 0.15) is 0 Å². The molecule has 0 unspecified atom stereocenters. The molecule has 25 heavy (non-hydrogen) atoms. The second-order valence-corrected chi connectivity index (χ2v) is 7.30. The van der Waals surface area contributed by atoms with E-state index in [1.54, 1.807) is 0 Å². The summed E-state index contributed by atoms with van der Waals surface area (Å²) >= 11 is 1.45. The maximum atomic E-state index is 12.0. The predicted octanol–water partition coefficient (Wildman–Crippen LogP) is 2.31. The van der Waals surface area contributed by atoms with Gasteiger partial charge in [-0.3, -0.25) is 14.4 Å². The van der Waals surface area contributed by atoms with E-state index in [1.807, 2.05) is 48.3 Å². The molecule has 0 saturated carbocycles. The first-order valence-electron chi connectivity index (χ1n) is 8.25. The highest BCUT2D eigenvalue weighted by Gasteiger charge is 2.29. The van der Waals surface area contributed by atoms with Gasteiger partial charge in [-0.05, 0) is 17.5 Å². The van der Waals surface area contributed by atoms with E-state index in [-0.39, 0.29) is 12.0 Å². The Morgan fingerprint density at radius 3 is 3.00 bits per heavy atom. The average molecular weight is 356 g/mol. The molecule has 6 nitrogen and oxygen atoms in total. The van der Waals surface area contributed by atoms with Gasteiger partial charge in [0, 0.05) is 43.1 Å². The summed E-state index contributed by atoms with van der Waals surface area (Å²) in [4.78, 5) is 14.9. The van der Waals surface area contributed by atoms with E-state index in [1.165, 1.54) is 11.3 Å². The number of carbonyl (C=O) groups excluding carboxylic acids is 1. The van der Waals surface area contributed by atoms with Gasteiger partial charge in [0.15, 0.2) is 0 Å². The number of ether oxygens (including phenoxy) is 1. The third kappa shape index (κ3) is 3.06. The van der Waals surface area contributed by atoms with Crippen molar-refractivity contribution in [3.8, 4) is 0 Å². The zero-order chi connectivity index (χ0) is 17.4. The maximum absolute atomic E-state index is 12.0. The molecule has 1 aliphatic rings. The lowest BCUT2D eigenvalue weighted by Gasteiger charge is -2.33. The predicted molar refractivity (Wildman–Crippen MR) is 97.5 cm³/mol. The molecule has 0 radical (unpaired) electrons. The zero-order valence-corrected chi connectivity index (χ0v) is 14.8. The molecule has 0 bridgehead atoms. The fourth-order valence-corrected chi connectivity index (χ4v) is 4.48. The van der Waals surface area contributed by atoms with Crippen molar-refractivity contribution in [3.63, 3.8) is 0 Å². The fourth-order valence-electron chi connectivity index (χ4n) is 3.37. The number of primary amides is 1. The quantitative estimate of drug-likeness (QED) is 0.778. The van der Waals surface area contributed by atoms with E-state index in [0.717, 1.165) is 41.0 Å². The number of hydrogen-bond donors (Lipinski definition) is 1. The Morgan fingerprint density at radius 1 is 1.40 bits per heavy atom. The number of nitrogens with two attached hydrogens (primary N) is 1. The van der Waals surface area contributed by atoms with E-state index in [4.69, 9.17) is 10.5 Å². The van der Waals surface area contributed by atoms with Crippen LogP contribution in [-0.2, 0) is 18.3 Å². The van der Waals surface area contributed by atoms with Gasteiger partial charge in [-0.15, -0.1) is 11.3 Å². The van der Waals surface area contributed by atoms with Crippen molar-refractivity contribution >= 4 is 27.3 Å². The van der Waals surface area contributed by atoms with Gasteiger partial charge in [0.2, 0.25) is 0 Å². The van der Waals surface area contributed by atoms with Crippen molar-refractivity contribution < 1.29 is 9.53 Å². The van der Waals surface area contributed by atoms with Crippen LogP contribution in [0.4, 0.5) is 0 Å². The first kappa shape index (κ1) is 16.3. The number of morpholine rings is 1. The number of amides is 1. The van der Waals surface area contributed by atoms with Gasteiger partial charge in [-0.1, -0.05) is 18.2 Å². The van der Waals surface area contributed by atoms with Crippen LogP contribution in [0.5, 0.6) is 0 Å². The lowest BCUT2D eigenvalue weighted by atomic mass is 10.0. The second kappa shape index (κ2) is 6.59. The van der Waals surface area contributed by atoms with Crippen molar-refractivity contribution in [1.29, 1.82) is 0 Å². The SMILES string of the molecule is Cn1nccc1CN1CCO[C@H](c2c(C(N)=O)sc3ccccc23)C1. The van der Waals surface area contributed by atoms with E-state index >= 15 is 0 Å². The van der Waals surface area contributed by atoms with Gasteiger partial charge in [-0.2, -0.15) is 5.10 Å². The highest BCUT2D eigenvalue weighted by molar-refractivity contribution is 7.21. The van der Waals surface area contributed by atoms with Crippen LogP contribution in [0.3, 0.4) is 0 Å². The molecule has 1 fully saturated rings. The minimum atomic E-state index is -0.386. The number of fused-ring (bicyclic) bond motifs is 1. The van der Waals surface area contributed by atoms with Crippen LogP contribution in [0, 0.1) is 0 Å². The average Bonchev–Trinajstić information content (AvgIpc) is 3.19. The highest BCUT2D eigenvalue weighted by atomic mass is 32.1. The summed E-state index contributed by atoms with van der Waals surface area (Å²) in [6.45, 7) is 3.02. The van der Waals surface area contributed by atoms with E-state index in [0.29, 0.717) is 11.5 Å². The van der Waals surface area contributed by atoms with Gasteiger partial charge < -0.3 is 10.5 Å². The Kier molecular flexibility index (Phi) is 4.29. The van der Waals surface area contributed by atoms with Crippen LogP contribution in [-0.4, -0.2) is 40.3 Å². The number of carbonyl (C=O) groups is 1. The molecule has 0 spiro atoms. The Balaban J connectivity index is 1.65. The zero-order valence-electron chi connectivity index (χ0n) is 14.0. The standard InChI is InChI=1S/C18H20N4O2S/c1-21-12(6-7-20-21)10-22-8-9-24-14(11-22)16-13-4-2-3-5-15(13)25-17(16)18(19)23/h2-7,14H,8-11H2,1H3,(H2,19,23)/t14-/m0/s1. The highest BCUT2D eigenvalue weighted by Crippen LogP contribution is 2.38. The summed E-state index contributed by atoms with van der Waals surface area (Å²) in [7, 11) is 1.95. The Bertz CT molecular complexity index is 917. The third-order valence-corrected chi connectivity index (χ3v) is 5.84. The molecule has 1 atom stereocenters. The molecule has 130 valence electrons. The molecule has 1 aromatic carbocycles. The number of aromatic nitrogens is 2. The Hall–Kier alpha value is -2.22. The monoisotopic (exact) mass is 356 g/mol. The molecule has 1 saturated heterocycles. The van der Waals surface area contributed by atoms with Gasteiger partial charge in [0.25, 0.3) is 5.91 Å². The van der Waals surface area contributed by atoms with Crippen LogP contribution < -0.4 is 5.73 Å². The number of rotatable bonds is 4. The summed E-state index contributed by atoms with van der Waals surface area (Å²) in [5, 5.41) is 5.29. The molecule has 3 heterocycles. The molecule has 4 rings (SSSR count). The summed E-state index contributed by atoms with van der Waals surface area (Å²) in [5.41, 5.74) is 7.73. The van der Waals surface area contributed by atoms with Crippen LogP contribution >= 0.6 is 11.3 Å². The van der Waals surface area contributed by atoms with Crippen LogP contribution in [0.15, 0.2) is 36.5 Å². The van der Waals surface area contributed by atoms with Gasteiger partial charge >= 0.3 is 0 Å². The number of aryl methyl sites for hydroxylation is 1. The van der Waals surface area contributed by atoms with Crippen molar-refractivity contribution in [1.82, 2.24) is 14.7 Å². The summed E-state index contributed by atoms with van der Waals surface area (Å²) in [5.74, 6) is -0.386. The normalized spacial score (nSPS) is 18.7. The number of benzene rings is 1.